The Labute approximate surface area is 159 Å². The summed E-state index contributed by atoms with van der Waals surface area (Å²) in [6.07, 6.45) is 11.8. The maximum absolute atomic E-state index is 12.9. The number of carbonyl (C=O) groups is 2. The van der Waals surface area contributed by atoms with Crippen LogP contribution in [0, 0.1) is 5.92 Å². The topological polar surface area (TPSA) is 43.9 Å². The summed E-state index contributed by atoms with van der Waals surface area (Å²) in [4.78, 5) is 31.8. The molecule has 0 aromatic heterocycles. The fraction of sp³-hybridized carbons (Fsp3) is 0.905. The Morgan fingerprint density at radius 2 is 1.58 bits per heavy atom. The van der Waals surface area contributed by atoms with Gasteiger partial charge in [0.1, 0.15) is 0 Å². The van der Waals surface area contributed by atoms with Gasteiger partial charge in [-0.05, 0) is 51.6 Å². The van der Waals surface area contributed by atoms with E-state index in [1.54, 1.807) is 6.92 Å². The highest BCUT2D eigenvalue weighted by atomic mass is 16.2. The smallest absolute Gasteiger partial charge is 0.225 e. The van der Waals surface area contributed by atoms with E-state index >= 15 is 0 Å². The molecular weight excluding hydrogens is 326 g/mol. The Kier molecular flexibility index (Phi) is 7.35. The zero-order valence-corrected chi connectivity index (χ0v) is 16.6. The number of hydrogen-bond donors (Lipinski definition) is 0. The van der Waals surface area contributed by atoms with Crippen molar-refractivity contribution in [3.63, 3.8) is 0 Å². The van der Waals surface area contributed by atoms with E-state index in [0.29, 0.717) is 5.91 Å². The molecule has 5 heteroatoms. The van der Waals surface area contributed by atoms with Gasteiger partial charge in [0.2, 0.25) is 11.8 Å². The number of hydrogen-bond acceptors (Lipinski definition) is 3. The SMILES string of the molecule is CC(=O)N(CCN1CCCCC1)C1CCCN(C(=O)C2CCCCC2)C1. The second-order valence-corrected chi connectivity index (χ2v) is 8.53. The van der Waals surface area contributed by atoms with Gasteiger partial charge in [0.05, 0.1) is 0 Å². The van der Waals surface area contributed by atoms with Gasteiger partial charge < -0.3 is 14.7 Å². The minimum absolute atomic E-state index is 0.166. The lowest BCUT2D eigenvalue weighted by Gasteiger charge is -2.41. The highest BCUT2D eigenvalue weighted by molar-refractivity contribution is 5.79. The molecule has 2 heterocycles. The number of carbonyl (C=O) groups excluding carboxylic acids is 2. The van der Waals surface area contributed by atoms with Gasteiger partial charge in [0, 0.05) is 45.1 Å². The van der Waals surface area contributed by atoms with Crippen LogP contribution in [0.25, 0.3) is 0 Å². The predicted octanol–water partition coefficient (Wildman–Crippen LogP) is 2.89. The Hall–Kier alpha value is -1.10. The lowest BCUT2D eigenvalue weighted by Crippen LogP contribution is -2.54. The fourth-order valence-electron chi connectivity index (χ4n) is 5.05. The molecule has 1 aliphatic carbocycles. The van der Waals surface area contributed by atoms with Crippen LogP contribution in [-0.2, 0) is 9.59 Å². The molecule has 0 aromatic rings. The Balaban J connectivity index is 1.54. The van der Waals surface area contributed by atoms with E-state index in [9.17, 15) is 9.59 Å². The van der Waals surface area contributed by atoms with Gasteiger partial charge in [-0.25, -0.2) is 0 Å². The summed E-state index contributed by atoms with van der Waals surface area (Å²) in [6.45, 7) is 7.44. The average molecular weight is 364 g/mol. The second-order valence-electron chi connectivity index (χ2n) is 8.53. The van der Waals surface area contributed by atoms with Gasteiger partial charge in [-0.1, -0.05) is 25.7 Å². The van der Waals surface area contributed by atoms with Gasteiger partial charge in [-0.3, -0.25) is 9.59 Å². The molecule has 3 aliphatic rings. The number of nitrogens with zero attached hydrogens (tertiary/aromatic N) is 3. The molecule has 0 spiro atoms. The molecule has 2 aliphatic heterocycles. The lowest BCUT2D eigenvalue weighted by molar-refractivity contribution is -0.142. The zero-order valence-electron chi connectivity index (χ0n) is 16.6. The molecule has 3 rings (SSSR count). The Bertz CT molecular complexity index is 470. The lowest BCUT2D eigenvalue weighted by atomic mass is 9.87. The molecule has 5 nitrogen and oxygen atoms in total. The highest BCUT2D eigenvalue weighted by Gasteiger charge is 2.32. The molecule has 3 fully saturated rings. The minimum Gasteiger partial charge on any atom is -0.340 e. The van der Waals surface area contributed by atoms with Gasteiger partial charge in [-0.2, -0.15) is 0 Å². The molecule has 2 saturated heterocycles. The first kappa shape index (κ1) is 19.7. The maximum atomic E-state index is 12.9. The summed E-state index contributed by atoms with van der Waals surface area (Å²) in [6, 6.07) is 0.207. The van der Waals surface area contributed by atoms with E-state index in [4.69, 9.17) is 0 Å². The summed E-state index contributed by atoms with van der Waals surface area (Å²) in [5.74, 6) is 0.759. The first-order valence-electron chi connectivity index (χ1n) is 10.9. The molecule has 1 saturated carbocycles. The minimum atomic E-state index is 0.166. The molecule has 1 atom stereocenters. The maximum Gasteiger partial charge on any atom is 0.225 e. The second kappa shape index (κ2) is 9.72. The van der Waals surface area contributed by atoms with E-state index in [1.807, 2.05) is 0 Å². The van der Waals surface area contributed by atoms with Crippen LogP contribution in [0.5, 0.6) is 0 Å². The summed E-state index contributed by atoms with van der Waals surface area (Å²) in [5, 5.41) is 0. The van der Waals surface area contributed by atoms with Crippen molar-refractivity contribution < 1.29 is 9.59 Å². The van der Waals surface area contributed by atoms with Crippen LogP contribution >= 0.6 is 0 Å². The largest absolute Gasteiger partial charge is 0.340 e. The Morgan fingerprint density at radius 3 is 2.27 bits per heavy atom. The van der Waals surface area contributed by atoms with Crippen molar-refractivity contribution in [3.8, 4) is 0 Å². The van der Waals surface area contributed by atoms with Crippen molar-refractivity contribution in [1.29, 1.82) is 0 Å². The quantitative estimate of drug-likeness (QED) is 0.754. The Morgan fingerprint density at radius 1 is 0.885 bits per heavy atom. The molecule has 26 heavy (non-hydrogen) atoms. The van der Waals surface area contributed by atoms with Crippen molar-refractivity contribution in [3.05, 3.63) is 0 Å². The average Bonchev–Trinajstić information content (AvgIpc) is 2.69. The summed E-state index contributed by atoms with van der Waals surface area (Å²) in [7, 11) is 0. The normalized spacial score (nSPS) is 25.9. The summed E-state index contributed by atoms with van der Waals surface area (Å²) >= 11 is 0. The van der Waals surface area contributed by atoms with Crippen LogP contribution in [0.2, 0.25) is 0 Å². The zero-order chi connectivity index (χ0) is 18.4. The van der Waals surface area contributed by atoms with E-state index in [0.717, 1.165) is 51.9 Å². The third-order valence-electron chi connectivity index (χ3n) is 6.61. The molecule has 0 aromatic carbocycles. The van der Waals surface area contributed by atoms with Gasteiger partial charge in [-0.15, -0.1) is 0 Å². The highest BCUT2D eigenvalue weighted by Crippen LogP contribution is 2.27. The van der Waals surface area contributed by atoms with Crippen molar-refractivity contribution in [2.45, 2.75) is 77.2 Å². The molecule has 0 bridgehead atoms. The number of likely N-dealkylation sites (tertiary alicyclic amines) is 2. The molecule has 1 unspecified atom stereocenters. The predicted molar refractivity (Wildman–Crippen MR) is 104 cm³/mol. The first-order chi connectivity index (χ1) is 12.6. The molecule has 148 valence electrons. The van der Waals surface area contributed by atoms with E-state index in [-0.39, 0.29) is 17.9 Å². The monoisotopic (exact) mass is 363 g/mol. The first-order valence-corrected chi connectivity index (χ1v) is 10.9. The molecule has 2 amide bonds. The van der Waals surface area contributed by atoms with Crippen molar-refractivity contribution >= 4 is 11.8 Å². The van der Waals surface area contributed by atoms with Gasteiger partial charge in [0.15, 0.2) is 0 Å². The van der Waals surface area contributed by atoms with Crippen LogP contribution < -0.4 is 0 Å². The molecule has 0 N–H and O–H groups in total. The van der Waals surface area contributed by atoms with Crippen molar-refractivity contribution in [2.75, 3.05) is 39.3 Å². The van der Waals surface area contributed by atoms with E-state index < -0.39 is 0 Å². The fourth-order valence-corrected chi connectivity index (χ4v) is 5.05. The molecule has 0 radical (unpaired) electrons. The van der Waals surface area contributed by atoms with Gasteiger partial charge >= 0.3 is 0 Å². The van der Waals surface area contributed by atoms with Crippen LogP contribution in [0.15, 0.2) is 0 Å². The van der Waals surface area contributed by atoms with E-state index in [2.05, 4.69) is 14.7 Å². The van der Waals surface area contributed by atoms with Gasteiger partial charge in [0.25, 0.3) is 0 Å². The third-order valence-corrected chi connectivity index (χ3v) is 6.61. The van der Waals surface area contributed by atoms with Crippen molar-refractivity contribution in [1.82, 2.24) is 14.7 Å². The standard InChI is InChI=1S/C21H37N3O2/c1-18(25)24(16-15-22-12-6-3-7-13-22)20-11-8-14-23(17-20)21(26)19-9-4-2-5-10-19/h19-20H,2-17H2,1H3. The number of piperidine rings is 2. The number of rotatable bonds is 5. The van der Waals surface area contributed by atoms with Crippen molar-refractivity contribution in [2.24, 2.45) is 5.92 Å². The van der Waals surface area contributed by atoms with Crippen LogP contribution in [0.1, 0.15) is 71.1 Å². The number of amides is 2. The van der Waals surface area contributed by atoms with Crippen LogP contribution in [0.4, 0.5) is 0 Å². The summed E-state index contributed by atoms with van der Waals surface area (Å²) < 4.78 is 0. The van der Waals surface area contributed by atoms with E-state index in [1.165, 1.54) is 51.6 Å². The summed E-state index contributed by atoms with van der Waals surface area (Å²) in [5.41, 5.74) is 0. The van der Waals surface area contributed by atoms with Crippen LogP contribution in [-0.4, -0.2) is 71.8 Å². The molecular formula is C21H37N3O2. The third kappa shape index (κ3) is 5.21. The van der Waals surface area contributed by atoms with Crippen LogP contribution in [0.3, 0.4) is 0 Å².